The fourth-order valence-electron chi connectivity index (χ4n) is 1.86. The van der Waals surface area contributed by atoms with Crippen LogP contribution in [0.5, 0.6) is 0 Å². The van der Waals surface area contributed by atoms with Gasteiger partial charge in [-0.2, -0.15) is 0 Å². The normalized spacial score (nSPS) is 15.2. The highest BCUT2D eigenvalue weighted by atomic mass is 35.5. The highest BCUT2D eigenvalue weighted by molar-refractivity contribution is 6.20. The molecule has 0 aromatic rings. The molecule has 0 spiro atoms. The summed E-state index contributed by atoms with van der Waals surface area (Å²) >= 11 is 6.33. The van der Waals surface area contributed by atoms with E-state index in [9.17, 15) is 5.11 Å². The van der Waals surface area contributed by atoms with Gasteiger partial charge in [0.1, 0.15) is 6.54 Å². The fourth-order valence-corrected chi connectivity index (χ4v) is 2.41. The molecule has 2 nitrogen and oxygen atoms in total. The summed E-state index contributed by atoms with van der Waals surface area (Å²) in [6.07, 6.45) is 5.64. The molecule has 0 saturated heterocycles. The molecular formula is C13H29Cl2NO. The van der Waals surface area contributed by atoms with Gasteiger partial charge >= 0.3 is 0 Å². The van der Waals surface area contributed by atoms with E-state index in [4.69, 9.17) is 11.6 Å². The molecule has 0 amide bonds. The maximum atomic E-state index is 9.26. The zero-order valence-corrected chi connectivity index (χ0v) is 13.2. The Labute approximate surface area is 118 Å². The maximum absolute atomic E-state index is 9.26. The highest BCUT2D eigenvalue weighted by Gasteiger charge is 2.25. The molecule has 106 valence electrons. The molecule has 2 unspecified atom stereocenters. The van der Waals surface area contributed by atoms with E-state index in [1.807, 2.05) is 6.92 Å². The lowest BCUT2D eigenvalue weighted by atomic mass is 9.95. The van der Waals surface area contributed by atoms with Gasteiger partial charge in [0, 0.05) is 11.8 Å². The van der Waals surface area contributed by atoms with E-state index in [1.165, 1.54) is 19.3 Å². The van der Waals surface area contributed by atoms with Crippen molar-refractivity contribution in [1.82, 2.24) is 0 Å². The Bertz CT molecular complexity index is 175. The van der Waals surface area contributed by atoms with Crippen LogP contribution in [-0.2, 0) is 0 Å². The topological polar surface area (TPSA) is 36.8 Å². The first-order chi connectivity index (χ1) is 7.37. The van der Waals surface area contributed by atoms with E-state index in [0.717, 1.165) is 19.4 Å². The molecule has 0 aliphatic carbocycles. The van der Waals surface area contributed by atoms with Gasteiger partial charge in [-0.1, -0.05) is 26.2 Å². The zero-order chi connectivity index (χ0) is 12.6. The van der Waals surface area contributed by atoms with Crippen molar-refractivity contribution in [2.45, 2.75) is 76.8 Å². The molecule has 3 N–H and O–H groups in total. The Kier molecular flexibility index (Phi) is 12.2. The molecule has 4 heteroatoms. The zero-order valence-electron chi connectivity index (χ0n) is 11.7. The summed E-state index contributed by atoms with van der Waals surface area (Å²) in [6, 6.07) is 0. The summed E-state index contributed by atoms with van der Waals surface area (Å²) < 4.78 is 0. The van der Waals surface area contributed by atoms with Crippen LogP contribution in [0.4, 0.5) is 0 Å². The van der Waals surface area contributed by atoms with Crippen LogP contribution < -0.4 is 17.7 Å². The number of nitrogens with two attached hydrogens (primary N) is 1. The molecule has 0 heterocycles. The van der Waals surface area contributed by atoms with Gasteiger partial charge in [-0.15, -0.1) is 11.6 Å². The summed E-state index contributed by atoms with van der Waals surface area (Å²) in [4.78, 5) is 0. The molecule has 0 rings (SSSR count). The van der Waals surface area contributed by atoms with Crippen LogP contribution in [0.15, 0.2) is 0 Å². The largest absolute Gasteiger partial charge is 1.00 e. The van der Waals surface area contributed by atoms with Gasteiger partial charge < -0.3 is 22.8 Å². The summed E-state index contributed by atoms with van der Waals surface area (Å²) in [5.74, 6) is 0. The van der Waals surface area contributed by atoms with E-state index in [-0.39, 0.29) is 29.4 Å². The Morgan fingerprint density at radius 3 is 2.35 bits per heavy atom. The van der Waals surface area contributed by atoms with Crippen LogP contribution in [0, 0.1) is 0 Å². The third-order valence-electron chi connectivity index (χ3n) is 2.88. The number of alkyl halides is 1. The molecule has 0 aromatic carbocycles. The van der Waals surface area contributed by atoms with Gasteiger partial charge in [0.05, 0.1) is 11.6 Å². The van der Waals surface area contributed by atoms with E-state index in [1.54, 1.807) is 0 Å². The van der Waals surface area contributed by atoms with E-state index in [2.05, 4.69) is 26.1 Å². The van der Waals surface area contributed by atoms with E-state index >= 15 is 0 Å². The summed E-state index contributed by atoms with van der Waals surface area (Å²) in [5, 5.41) is 11.7. The van der Waals surface area contributed by atoms with Crippen molar-refractivity contribution in [3.8, 4) is 0 Å². The molecular weight excluding hydrogens is 257 g/mol. The second kappa shape index (κ2) is 10.4. The van der Waals surface area contributed by atoms with Gasteiger partial charge in [0.25, 0.3) is 0 Å². The van der Waals surface area contributed by atoms with Crippen molar-refractivity contribution < 1.29 is 22.8 Å². The molecule has 0 aromatic heterocycles. The number of halogens is 2. The number of hydrogen-bond acceptors (Lipinski definition) is 1. The lowest BCUT2D eigenvalue weighted by molar-refractivity contribution is -0.725. The Morgan fingerprint density at radius 1 is 1.29 bits per heavy atom. The van der Waals surface area contributed by atoms with Crippen LogP contribution in [0.25, 0.3) is 0 Å². The van der Waals surface area contributed by atoms with E-state index < -0.39 is 0 Å². The Balaban J connectivity index is 0. The molecule has 0 bridgehead atoms. The molecule has 0 saturated carbocycles. The maximum Gasteiger partial charge on any atom is 0.102 e. The quantitative estimate of drug-likeness (QED) is 0.426. The Morgan fingerprint density at radius 2 is 1.88 bits per heavy atom. The van der Waals surface area contributed by atoms with Crippen LogP contribution >= 0.6 is 11.6 Å². The number of hydrogen-bond donors (Lipinski definition) is 2. The first kappa shape index (κ1) is 19.8. The standard InChI is InChI=1S/C13H28ClNO.ClH/c1-5-6-7-8-12(14)9-13(3,4)15-10-11(2)16;/h11-12,15-16H,5-10H2,1-4H3;1H. The number of quaternary nitrogens is 1. The van der Waals surface area contributed by atoms with Crippen LogP contribution in [0.2, 0.25) is 0 Å². The minimum absolute atomic E-state index is 0. The predicted octanol–water partition coefficient (Wildman–Crippen LogP) is -0.709. The van der Waals surface area contributed by atoms with Crippen molar-refractivity contribution in [1.29, 1.82) is 0 Å². The van der Waals surface area contributed by atoms with Crippen molar-refractivity contribution in [2.24, 2.45) is 0 Å². The third-order valence-corrected chi connectivity index (χ3v) is 3.25. The first-order valence-corrected chi connectivity index (χ1v) is 6.97. The molecule has 0 fully saturated rings. The molecule has 17 heavy (non-hydrogen) atoms. The average Bonchev–Trinajstić information content (AvgIpc) is 2.15. The molecule has 2 atom stereocenters. The van der Waals surface area contributed by atoms with Crippen molar-refractivity contribution in [3.63, 3.8) is 0 Å². The van der Waals surface area contributed by atoms with Gasteiger partial charge in [-0.25, -0.2) is 0 Å². The third kappa shape index (κ3) is 12.7. The van der Waals surface area contributed by atoms with Crippen LogP contribution in [-0.4, -0.2) is 28.7 Å². The summed E-state index contributed by atoms with van der Waals surface area (Å²) in [7, 11) is 0. The van der Waals surface area contributed by atoms with Gasteiger partial charge in [-0.3, -0.25) is 0 Å². The van der Waals surface area contributed by atoms with Crippen LogP contribution in [0.3, 0.4) is 0 Å². The predicted molar refractivity (Wildman–Crippen MR) is 71.0 cm³/mol. The molecule has 0 aliphatic rings. The SMILES string of the molecule is CCCCCC(Cl)CC(C)(C)[NH2+]CC(C)O.[Cl-]. The van der Waals surface area contributed by atoms with Gasteiger partial charge in [-0.05, 0) is 27.2 Å². The monoisotopic (exact) mass is 285 g/mol. The Hall–Kier alpha value is 0.500. The van der Waals surface area contributed by atoms with E-state index in [0.29, 0.717) is 0 Å². The first-order valence-electron chi connectivity index (χ1n) is 6.54. The molecule has 0 aliphatic heterocycles. The second-order valence-corrected chi connectivity index (χ2v) is 6.19. The lowest BCUT2D eigenvalue weighted by Crippen LogP contribution is -3.00. The molecule has 0 radical (unpaired) electrons. The second-order valence-electron chi connectivity index (χ2n) is 5.57. The summed E-state index contributed by atoms with van der Waals surface area (Å²) in [6.45, 7) is 9.19. The fraction of sp³-hybridized carbons (Fsp3) is 1.00. The number of rotatable bonds is 9. The van der Waals surface area contributed by atoms with Crippen molar-refractivity contribution >= 4 is 11.6 Å². The van der Waals surface area contributed by atoms with Crippen molar-refractivity contribution in [3.05, 3.63) is 0 Å². The smallest absolute Gasteiger partial charge is 0.102 e. The average molecular weight is 286 g/mol. The number of aliphatic hydroxyl groups is 1. The lowest BCUT2D eigenvalue weighted by Gasteiger charge is -2.26. The van der Waals surface area contributed by atoms with Gasteiger partial charge in [0.2, 0.25) is 0 Å². The van der Waals surface area contributed by atoms with Crippen LogP contribution in [0.1, 0.15) is 59.8 Å². The highest BCUT2D eigenvalue weighted by Crippen LogP contribution is 2.18. The number of unbranched alkanes of at least 4 members (excludes halogenated alkanes) is 2. The summed E-state index contributed by atoms with van der Waals surface area (Å²) in [5.41, 5.74) is 0.135. The van der Waals surface area contributed by atoms with Crippen molar-refractivity contribution in [2.75, 3.05) is 6.54 Å². The minimum atomic E-state index is -0.242. The van der Waals surface area contributed by atoms with Gasteiger partial charge in [0.15, 0.2) is 0 Å². The minimum Gasteiger partial charge on any atom is -1.00 e. The number of aliphatic hydroxyl groups excluding tert-OH is 1.